The second-order valence-electron chi connectivity index (χ2n) is 6.10. The molecule has 0 bridgehead atoms. The molecule has 1 atom stereocenters. The summed E-state index contributed by atoms with van der Waals surface area (Å²) in [6, 6.07) is 13.1. The van der Waals surface area contributed by atoms with Crippen molar-refractivity contribution in [2.24, 2.45) is 10.9 Å². The molecule has 0 aliphatic carbocycles. The van der Waals surface area contributed by atoms with Crippen LogP contribution in [0, 0.1) is 19.8 Å². The fourth-order valence-electron chi connectivity index (χ4n) is 2.88. The molecule has 0 spiro atoms. The van der Waals surface area contributed by atoms with Gasteiger partial charge in [0, 0.05) is 17.3 Å². The molecule has 1 heterocycles. The maximum atomic E-state index is 12.3. The number of fused-ring (bicyclic) bond motifs is 1. The van der Waals surface area contributed by atoms with E-state index < -0.39 is 0 Å². The van der Waals surface area contributed by atoms with Gasteiger partial charge in [-0.25, -0.2) is 4.99 Å². The number of nitrogens with one attached hydrogen (secondary N) is 1. The molecule has 24 heavy (non-hydrogen) atoms. The minimum atomic E-state index is -0.283. The molecule has 3 rings (SSSR count). The first-order valence-electron chi connectivity index (χ1n) is 8.10. The van der Waals surface area contributed by atoms with E-state index in [1.54, 1.807) is 12.1 Å². The quantitative estimate of drug-likeness (QED) is 0.932. The molecule has 0 saturated heterocycles. The minimum absolute atomic E-state index is 0.122. The lowest BCUT2D eigenvalue weighted by Gasteiger charge is -2.14. The second kappa shape index (κ2) is 6.79. The van der Waals surface area contributed by atoms with Crippen LogP contribution in [-0.2, 0) is 4.79 Å². The van der Waals surface area contributed by atoms with E-state index in [0.29, 0.717) is 18.5 Å². The monoisotopic (exact) mass is 320 g/mol. The molecular formula is C20H20N2O2. The standard InChI is InChI=1S/C20H20N2O2/c1-13-8-9-14(2)18-17(13)12-16(20(24)22-18)10-11-21-19(23)15-6-4-3-5-7-15/h3-9,12,16H,10-11H2,1-2H3,(H,21,23). The lowest BCUT2D eigenvalue weighted by molar-refractivity contribution is -0.120. The number of nitrogens with zero attached hydrogens (tertiary/aromatic N) is 1. The zero-order valence-electron chi connectivity index (χ0n) is 13.9. The van der Waals surface area contributed by atoms with Crippen LogP contribution in [0.25, 0.3) is 6.08 Å². The van der Waals surface area contributed by atoms with Crippen LogP contribution in [0.2, 0.25) is 0 Å². The topological polar surface area (TPSA) is 58.5 Å². The smallest absolute Gasteiger partial charge is 0.253 e. The van der Waals surface area contributed by atoms with Crippen molar-refractivity contribution in [1.82, 2.24) is 5.32 Å². The fourth-order valence-corrected chi connectivity index (χ4v) is 2.88. The number of amides is 2. The molecule has 122 valence electrons. The highest BCUT2D eigenvalue weighted by Gasteiger charge is 2.19. The predicted molar refractivity (Wildman–Crippen MR) is 93.1 cm³/mol. The summed E-state index contributed by atoms with van der Waals surface area (Å²) in [5, 5.41) is 4.68. The summed E-state index contributed by atoms with van der Waals surface area (Å²) in [7, 11) is 0. The van der Waals surface area contributed by atoms with Crippen LogP contribution >= 0.6 is 0 Å². The predicted octanol–water partition coefficient (Wildman–Crippen LogP) is 1.68. The number of hydrogen-bond donors (Lipinski definition) is 1. The van der Waals surface area contributed by atoms with Gasteiger partial charge in [-0.05, 0) is 43.5 Å². The van der Waals surface area contributed by atoms with Gasteiger partial charge in [0.25, 0.3) is 11.8 Å². The summed E-state index contributed by atoms with van der Waals surface area (Å²) >= 11 is 0. The Bertz CT molecular complexity index is 901. The van der Waals surface area contributed by atoms with Crippen LogP contribution in [0.3, 0.4) is 0 Å². The van der Waals surface area contributed by atoms with Gasteiger partial charge in [-0.3, -0.25) is 9.59 Å². The largest absolute Gasteiger partial charge is 0.352 e. The maximum absolute atomic E-state index is 12.3. The highest BCUT2D eigenvalue weighted by Crippen LogP contribution is 2.10. The zero-order valence-corrected chi connectivity index (χ0v) is 13.9. The molecule has 2 aromatic carbocycles. The molecule has 0 aromatic heterocycles. The van der Waals surface area contributed by atoms with E-state index >= 15 is 0 Å². The Hall–Kier alpha value is -2.75. The Morgan fingerprint density at radius 1 is 1.08 bits per heavy atom. The van der Waals surface area contributed by atoms with Gasteiger partial charge >= 0.3 is 0 Å². The summed E-state index contributed by atoms with van der Waals surface area (Å²) in [4.78, 5) is 28.6. The van der Waals surface area contributed by atoms with Crippen molar-refractivity contribution in [3.05, 3.63) is 69.7 Å². The van der Waals surface area contributed by atoms with Gasteiger partial charge in [-0.15, -0.1) is 0 Å². The molecule has 1 aliphatic rings. The molecule has 0 fully saturated rings. The molecule has 4 nitrogen and oxygen atoms in total. The number of carbonyl (C=O) groups is 2. The van der Waals surface area contributed by atoms with Crippen LogP contribution in [0.15, 0.2) is 47.5 Å². The van der Waals surface area contributed by atoms with Crippen molar-refractivity contribution in [2.75, 3.05) is 6.54 Å². The average Bonchev–Trinajstić information content (AvgIpc) is 2.60. The summed E-state index contributed by atoms with van der Waals surface area (Å²) in [6.07, 6.45) is 2.54. The Balaban J connectivity index is 1.70. The number of benzene rings is 2. The number of hydrogen-bond acceptors (Lipinski definition) is 2. The highest BCUT2D eigenvalue weighted by molar-refractivity contribution is 5.94. The molecule has 1 N–H and O–H groups in total. The van der Waals surface area contributed by atoms with Crippen molar-refractivity contribution in [2.45, 2.75) is 20.3 Å². The van der Waals surface area contributed by atoms with Crippen LogP contribution in [0.5, 0.6) is 0 Å². The third-order valence-electron chi connectivity index (χ3n) is 4.32. The van der Waals surface area contributed by atoms with Crippen molar-refractivity contribution in [3.8, 4) is 0 Å². The lowest BCUT2D eigenvalue weighted by atomic mass is 9.97. The number of rotatable bonds is 4. The van der Waals surface area contributed by atoms with E-state index in [2.05, 4.69) is 10.3 Å². The Labute approximate surface area is 140 Å². The van der Waals surface area contributed by atoms with Crippen LogP contribution in [0.1, 0.15) is 27.9 Å². The van der Waals surface area contributed by atoms with Crippen molar-refractivity contribution in [1.29, 1.82) is 0 Å². The minimum Gasteiger partial charge on any atom is -0.352 e. The van der Waals surface area contributed by atoms with Crippen molar-refractivity contribution >= 4 is 17.9 Å². The SMILES string of the molecule is Cc1ccc(C)c2c1=CC(CCNC(=O)c1ccccc1)C(=O)N=2. The molecule has 2 aromatic rings. The molecule has 0 radical (unpaired) electrons. The van der Waals surface area contributed by atoms with Crippen LogP contribution in [0.4, 0.5) is 0 Å². The third-order valence-corrected chi connectivity index (χ3v) is 4.32. The van der Waals surface area contributed by atoms with Crippen LogP contribution < -0.4 is 15.9 Å². The lowest BCUT2D eigenvalue weighted by Crippen LogP contribution is -2.38. The van der Waals surface area contributed by atoms with Gasteiger partial charge in [-0.1, -0.05) is 36.4 Å². The Morgan fingerprint density at radius 3 is 2.54 bits per heavy atom. The Morgan fingerprint density at radius 2 is 1.79 bits per heavy atom. The van der Waals surface area contributed by atoms with E-state index in [9.17, 15) is 9.59 Å². The van der Waals surface area contributed by atoms with Gasteiger partial charge in [0.1, 0.15) is 0 Å². The fraction of sp³-hybridized carbons (Fsp3) is 0.250. The van der Waals surface area contributed by atoms with Gasteiger partial charge in [0.15, 0.2) is 0 Å². The van der Waals surface area contributed by atoms with E-state index in [0.717, 1.165) is 21.7 Å². The van der Waals surface area contributed by atoms with Gasteiger partial charge in [0.2, 0.25) is 0 Å². The maximum Gasteiger partial charge on any atom is 0.253 e. The second-order valence-corrected chi connectivity index (χ2v) is 6.10. The van der Waals surface area contributed by atoms with Crippen molar-refractivity contribution < 1.29 is 9.59 Å². The molecule has 4 heteroatoms. The zero-order chi connectivity index (χ0) is 17.1. The highest BCUT2D eigenvalue weighted by atomic mass is 16.2. The Kier molecular flexibility index (Phi) is 4.56. The summed E-state index contributed by atoms with van der Waals surface area (Å²) in [6.45, 7) is 4.42. The van der Waals surface area contributed by atoms with Gasteiger partial charge in [0.05, 0.1) is 11.3 Å². The molecule has 2 amide bonds. The molecule has 0 saturated carbocycles. The van der Waals surface area contributed by atoms with E-state index in [-0.39, 0.29) is 17.7 Å². The number of aryl methyl sites for hydroxylation is 2. The first-order chi connectivity index (χ1) is 11.6. The van der Waals surface area contributed by atoms with E-state index in [1.807, 2.05) is 50.3 Å². The summed E-state index contributed by atoms with van der Waals surface area (Å²) in [5.41, 5.74) is 2.75. The molecule has 1 unspecified atom stereocenters. The first-order valence-corrected chi connectivity index (χ1v) is 8.10. The van der Waals surface area contributed by atoms with Crippen molar-refractivity contribution in [3.63, 3.8) is 0 Å². The molecule has 1 aliphatic heterocycles. The normalized spacial score (nSPS) is 15.9. The third kappa shape index (κ3) is 3.27. The van der Waals surface area contributed by atoms with E-state index in [1.165, 1.54) is 0 Å². The average molecular weight is 320 g/mol. The van der Waals surface area contributed by atoms with Crippen LogP contribution in [-0.4, -0.2) is 18.4 Å². The van der Waals surface area contributed by atoms with E-state index in [4.69, 9.17) is 0 Å². The summed E-state index contributed by atoms with van der Waals surface area (Å²) in [5.74, 6) is -0.539. The summed E-state index contributed by atoms with van der Waals surface area (Å²) < 4.78 is 0. The molecular weight excluding hydrogens is 300 g/mol. The first kappa shape index (κ1) is 16.1. The number of carbonyl (C=O) groups excluding carboxylic acids is 2. The van der Waals surface area contributed by atoms with Gasteiger partial charge in [-0.2, -0.15) is 0 Å². The van der Waals surface area contributed by atoms with Gasteiger partial charge < -0.3 is 5.32 Å².